The highest BCUT2D eigenvalue weighted by atomic mass is 32.2. The van der Waals surface area contributed by atoms with E-state index in [1.165, 1.54) is 18.2 Å². The van der Waals surface area contributed by atoms with E-state index in [2.05, 4.69) is 0 Å². The number of carboxylic acid groups (broad SMARTS) is 1. The number of carbonyl (C=O) groups is 1. The minimum atomic E-state index is -4.05. The smallest absolute Gasteiger partial charge is 0.337 e. The summed E-state index contributed by atoms with van der Waals surface area (Å²) in [5.41, 5.74) is 7.46. The highest BCUT2D eigenvalue weighted by Gasteiger charge is 2.28. The Labute approximate surface area is 164 Å². The topological polar surface area (TPSA) is 97.5 Å². The first-order valence-electron chi connectivity index (χ1n) is 8.82. The van der Waals surface area contributed by atoms with Gasteiger partial charge in [0.25, 0.3) is 0 Å². The van der Waals surface area contributed by atoms with Crippen LogP contribution in [0.5, 0.6) is 0 Å². The fourth-order valence-electron chi connectivity index (χ4n) is 3.13. The van der Waals surface area contributed by atoms with E-state index in [4.69, 9.17) is 5.73 Å². The normalized spacial score (nSPS) is 12.5. The molecule has 3 N–H and O–H groups in total. The number of benzene rings is 3. The Morgan fingerprint density at radius 2 is 1.61 bits per heavy atom. The second-order valence-corrected chi connectivity index (χ2v) is 8.57. The number of carboxylic acids is 1. The first-order chi connectivity index (χ1) is 13.3. The molecule has 0 aromatic heterocycles. The lowest BCUT2D eigenvalue weighted by atomic mass is 10.0. The van der Waals surface area contributed by atoms with E-state index in [0.29, 0.717) is 17.5 Å². The van der Waals surface area contributed by atoms with Gasteiger partial charge in [-0.05, 0) is 42.7 Å². The Kier molecular flexibility index (Phi) is 5.63. The molecule has 0 bridgehead atoms. The molecule has 0 spiro atoms. The van der Waals surface area contributed by atoms with Crippen molar-refractivity contribution in [3.63, 3.8) is 0 Å². The van der Waals surface area contributed by atoms with Gasteiger partial charge in [-0.25, -0.2) is 13.2 Å². The summed E-state index contributed by atoms with van der Waals surface area (Å²) in [7, 11) is -4.05. The van der Waals surface area contributed by atoms with Gasteiger partial charge in [0, 0.05) is 11.6 Å². The van der Waals surface area contributed by atoms with Crippen molar-refractivity contribution >= 4 is 15.8 Å². The molecule has 0 fully saturated rings. The molecule has 28 heavy (non-hydrogen) atoms. The van der Waals surface area contributed by atoms with Gasteiger partial charge >= 0.3 is 5.97 Å². The number of nitrogens with two attached hydrogens (primary N) is 1. The van der Waals surface area contributed by atoms with Crippen molar-refractivity contribution in [2.45, 2.75) is 29.2 Å². The van der Waals surface area contributed by atoms with Crippen LogP contribution in [0.25, 0.3) is 11.1 Å². The van der Waals surface area contributed by atoms with Crippen LogP contribution in [-0.4, -0.2) is 25.5 Å². The molecule has 0 saturated carbocycles. The third-order valence-corrected chi connectivity index (χ3v) is 6.26. The summed E-state index contributed by atoms with van der Waals surface area (Å²) in [6.07, 6.45) is 0.626. The Morgan fingerprint density at radius 1 is 0.964 bits per heavy atom. The first-order valence-corrected chi connectivity index (χ1v) is 10.3. The highest BCUT2D eigenvalue weighted by Crippen LogP contribution is 2.34. The Bertz CT molecular complexity index is 1090. The van der Waals surface area contributed by atoms with Gasteiger partial charge in [0.15, 0.2) is 0 Å². The molecule has 3 aromatic rings. The van der Waals surface area contributed by atoms with Crippen molar-refractivity contribution in [2.75, 3.05) is 0 Å². The second-order valence-electron chi connectivity index (χ2n) is 6.68. The Morgan fingerprint density at radius 3 is 2.18 bits per heavy atom. The fourth-order valence-corrected chi connectivity index (χ4v) is 4.78. The lowest BCUT2D eigenvalue weighted by Crippen LogP contribution is -2.17. The molecule has 144 valence electrons. The molecular weight excluding hydrogens is 374 g/mol. The molecule has 0 aliphatic rings. The molecule has 1 atom stereocenters. The number of hydrogen-bond donors (Lipinski definition) is 2. The summed E-state index contributed by atoms with van der Waals surface area (Å²) in [5.74, 6) is -1.29. The average molecular weight is 395 g/mol. The van der Waals surface area contributed by atoms with Crippen LogP contribution >= 0.6 is 0 Å². The van der Waals surface area contributed by atoms with Crippen LogP contribution in [-0.2, 0) is 16.3 Å². The van der Waals surface area contributed by atoms with Gasteiger partial charge in [0.2, 0.25) is 9.84 Å². The van der Waals surface area contributed by atoms with Crippen LogP contribution in [0.2, 0.25) is 0 Å². The van der Waals surface area contributed by atoms with Crippen LogP contribution in [0.1, 0.15) is 22.8 Å². The zero-order chi connectivity index (χ0) is 20.3. The SMILES string of the molecule is CC(N)Cc1ccc(S(=O)(=O)c2c(C(=O)O)cccc2-c2ccccc2)cc1. The third kappa shape index (κ3) is 3.98. The molecule has 0 radical (unpaired) electrons. The summed E-state index contributed by atoms with van der Waals surface area (Å²) in [4.78, 5) is 11.6. The highest BCUT2D eigenvalue weighted by molar-refractivity contribution is 7.91. The van der Waals surface area contributed by atoms with Gasteiger partial charge in [-0.15, -0.1) is 0 Å². The second kappa shape index (κ2) is 7.96. The zero-order valence-corrected chi connectivity index (χ0v) is 16.2. The quantitative estimate of drug-likeness (QED) is 0.662. The van der Waals surface area contributed by atoms with Gasteiger partial charge in [-0.1, -0.05) is 54.6 Å². The van der Waals surface area contributed by atoms with Gasteiger partial charge in [-0.3, -0.25) is 0 Å². The lowest BCUT2D eigenvalue weighted by molar-refractivity contribution is 0.0692. The van der Waals surface area contributed by atoms with Crippen LogP contribution in [0.15, 0.2) is 82.6 Å². The monoisotopic (exact) mass is 395 g/mol. The van der Waals surface area contributed by atoms with Gasteiger partial charge < -0.3 is 10.8 Å². The van der Waals surface area contributed by atoms with E-state index in [9.17, 15) is 18.3 Å². The molecular formula is C22H21NO4S. The minimum Gasteiger partial charge on any atom is -0.478 e. The summed E-state index contributed by atoms with van der Waals surface area (Å²) in [5, 5.41) is 9.61. The molecule has 1 unspecified atom stereocenters. The summed E-state index contributed by atoms with van der Waals surface area (Å²) in [6, 6.07) is 19.8. The number of hydrogen-bond acceptors (Lipinski definition) is 4. The molecule has 6 heteroatoms. The van der Waals surface area contributed by atoms with E-state index in [1.54, 1.807) is 48.5 Å². The molecule has 3 aromatic carbocycles. The summed E-state index contributed by atoms with van der Waals surface area (Å²) < 4.78 is 26.8. The van der Waals surface area contributed by atoms with Crippen molar-refractivity contribution in [1.29, 1.82) is 0 Å². The minimum absolute atomic E-state index is 0.0418. The Hall–Kier alpha value is -2.96. The summed E-state index contributed by atoms with van der Waals surface area (Å²) in [6.45, 7) is 1.87. The average Bonchev–Trinajstić information content (AvgIpc) is 2.68. The molecule has 0 saturated heterocycles. The summed E-state index contributed by atoms with van der Waals surface area (Å²) >= 11 is 0. The lowest BCUT2D eigenvalue weighted by Gasteiger charge is -2.14. The number of aromatic carboxylic acids is 1. The van der Waals surface area contributed by atoms with Crippen LogP contribution in [0.4, 0.5) is 0 Å². The van der Waals surface area contributed by atoms with Crippen molar-refractivity contribution in [3.05, 3.63) is 83.9 Å². The molecule has 0 amide bonds. The van der Waals surface area contributed by atoms with Crippen molar-refractivity contribution in [3.8, 4) is 11.1 Å². The predicted octanol–water partition coefficient (Wildman–Crippen LogP) is 3.77. The van der Waals surface area contributed by atoms with E-state index >= 15 is 0 Å². The van der Waals surface area contributed by atoms with E-state index in [-0.39, 0.29) is 21.4 Å². The molecule has 3 rings (SSSR count). The van der Waals surface area contributed by atoms with Crippen LogP contribution in [0, 0.1) is 0 Å². The van der Waals surface area contributed by atoms with Crippen molar-refractivity contribution in [1.82, 2.24) is 0 Å². The van der Waals surface area contributed by atoms with Crippen molar-refractivity contribution in [2.24, 2.45) is 5.73 Å². The standard InChI is InChI=1S/C22H21NO4S/c1-15(23)14-16-10-12-18(13-11-16)28(26,27)21-19(17-6-3-2-4-7-17)8-5-9-20(21)22(24)25/h2-13,15H,14,23H2,1H3,(H,24,25). The van der Waals surface area contributed by atoms with Crippen molar-refractivity contribution < 1.29 is 18.3 Å². The molecule has 0 heterocycles. The Balaban J connectivity index is 2.19. The molecule has 0 aliphatic carbocycles. The van der Waals surface area contributed by atoms with E-state index in [1.807, 2.05) is 13.0 Å². The van der Waals surface area contributed by atoms with Gasteiger partial charge in [0.05, 0.1) is 15.4 Å². The molecule has 5 nitrogen and oxygen atoms in total. The third-order valence-electron chi connectivity index (χ3n) is 4.39. The van der Waals surface area contributed by atoms with E-state index < -0.39 is 15.8 Å². The maximum atomic E-state index is 13.4. The zero-order valence-electron chi connectivity index (χ0n) is 15.4. The van der Waals surface area contributed by atoms with E-state index in [0.717, 1.165) is 5.56 Å². The maximum absolute atomic E-state index is 13.4. The number of rotatable bonds is 6. The predicted molar refractivity (Wildman–Crippen MR) is 108 cm³/mol. The van der Waals surface area contributed by atoms with Crippen LogP contribution in [0.3, 0.4) is 0 Å². The van der Waals surface area contributed by atoms with Crippen LogP contribution < -0.4 is 5.73 Å². The van der Waals surface area contributed by atoms with Gasteiger partial charge in [-0.2, -0.15) is 0 Å². The number of sulfone groups is 1. The largest absolute Gasteiger partial charge is 0.478 e. The maximum Gasteiger partial charge on any atom is 0.337 e. The fraction of sp³-hybridized carbons (Fsp3) is 0.136. The van der Waals surface area contributed by atoms with Gasteiger partial charge in [0.1, 0.15) is 0 Å². The molecule has 0 aliphatic heterocycles. The first kappa shape index (κ1) is 19.8.